The van der Waals surface area contributed by atoms with Crippen LogP contribution < -0.4 is 20.2 Å². The van der Waals surface area contributed by atoms with Gasteiger partial charge in [-0.05, 0) is 74.0 Å². The Labute approximate surface area is 204 Å². The largest absolute Gasteiger partial charge is 0.490 e. The van der Waals surface area contributed by atoms with Crippen LogP contribution in [0.3, 0.4) is 0 Å². The van der Waals surface area contributed by atoms with Gasteiger partial charge in [0.1, 0.15) is 0 Å². The lowest BCUT2D eigenvalue weighted by atomic mass is 10.1. The normalized spacial score (nSPS) is 10.6. The molecule has 2 amide bonds. The molecule has 8 nitrogen and oxygen atoms in total. The predicted octanol–water partition coefficient (Wildman–Crippen LogP) is 4.73. The molecular formula is C27H27N3O5. The number of amides is 2. The molecule has 0 atom stereocenters. The molecule has 0 aliphatic heterocycles. The Balaban J connectivity index is 1.65. The second-order valence-corrected chi connectivity index (χ2v) is 7.58. The SMILES string of the molecule is CCOc1cc(C=NNC(=O)c2ccc(NC(=O)CC)cc2)ccc1OC(=O)c1cccc(C)c1. The molecule has 0 unspecified atom stereocenters. The molecule has 0 fully saturated rings. The van der Waals surface area contributed by atoms with E-state index in [0.29, 0.717) is 41.2 Å². The first kappa shape index (κ1) is 25.2. The molecule has 0 heterocycles. The zero-order valence-electron chi connectivity index (χ0n) is 19.8. The Bertz CT molecular complexity index is 1240. The number of nitrogens with one attached hydrogen (secondary N) is 2. The predicted molar refractivity (Wildman–Crippen MR) is 134 cm³/mol. The van der Waals surface area contributed by atoms with Crippen LogP contribution in [-0.4, -0.2) is 30.6 Å². The molecule has 3 rings (SSSR count). The number of anilines is 1. The van der Waals surface area contributed by atoms with Crippen LogP contribution in [0.1, 0.15) is 52.1 Å². The molecule has 3 aromatic rings. The van der Waals surface area contributed by atoms with Crippen LogP contribution in [0.4, 0.5) is 5.69 Å². The number of hydrogen-bond acceptors (Lipinski definition) is 6. The summed E-state index contributed by atoms with van der Waals surface area (Å²) in [5.74, 6) is -0.315. The Morgan fingerprint density at radius 3 is 2.37 bits per heavy atom. The number of hydrazone groups is 1. The van der Waals surface area contributed by atoms with E-state index in [-0.39, 0.29) is 11.7 Å². The van der Waals surface area contributed by atoms with Crippen molar-refractivity contribution in [1.29, 1.82) is 0 Å². The molecule has 35 heavy (non-hydrogen) atoms. The Morgan fingerprint density at radius 1 is 0.914 bits per heavy atom. The fourth-order valence-corrected chi connectivity index (χ4v) is 3.07. The molecule has 0 saturated carbocycles. The fraction of sp³-hybridized carbons (Fsp3) is 0.185. The summed E-state index contributed by atoms with van der Waals surface area (Å²) in [7, 11) is 0. The highest BCUT2D eigenvalue weighted by Gasteiger charge is 2.13. The van der Waals surface area contributed by atoms with Crippen molar-refractivity contribution in [3.8, 4) is 11.5 Å². The molecule has 3 aromatic carbocycles. The molecule has 0 spiro atoms. The Morgan fingerprint density at radius 2 is 1.69 bits per heavy atom. The minimum atomic E-state index is -0.483. The first-order chi connectivity index (χ1) is 16.9. The molecule has 0 aliphatic carbocycles. The smallest absolute Gasteiger partial charge is 0.343 e. The van der Waals surface area contributed by atoms with E-state index in [4.69, 9.17) is 9.47 Å². The highest BCUT2D eigenvalue weighted by molar-refractivity contribution is 5.96. The van der Waals surface area contributed by atoms with Crippen molar-refractivity contribution in [3.05, 3.63) is 89.0 Å². The van der Waals surface area contributed by atoms with E-state index >= 15 is 0 Å². The van der Waals surface area contributed by atoms with Gasteiger partial charge in [0.25, 0.3) is 5.91 Å². The summed E-state index contributed by atoms with van der Waals surface area (Å²) in [6.07, 6.45) is 1.83. The number of esters is 1. The van der Waals surface area contributed by atoms with Crippen molar-refractivity contribution in [3.63, 3.8) is 0 Å². The molecule has 0 aromatic heterocycles. The average Bonchev–Trinajstić information content (AvgIpc) is 2.86. The maximum atomic E-state index is 12.5. The molecule has 2 N–H and O–H groups in total. The maximum Gasteiger partial charge on any atom is 0.343 e. The van der Waals surface area contributed by atoms with Gasteiger partial charge in [-0.3, -0.25) is 9.59 Å². The summed E-state index contributed by atoms with van der Waals surface area (Å²) in [5.41, 5.74) is 5.51. The summed E-state index contributed by atoms with van der Waals surface area (Å²) >= 11 is 0. The number of nitrogens with zero attached hydrogens (tertiary/aromatic N) is 1. The van der Waals surface area contributed by atoms with Crippen molar-refractivity contribution in [2.75, 3.05) is 11.9 Å². The number of carbonyl (C=O) groups excluding carboxylic acids is 3. The van der Waals surface area contributed by atoms with Gasteiger partial charge in [0.05, 0.1) is 18.4 Å². The van der Waals surface area contributed by atoms with Crippen LogP contribution in [0.25, 0.3) is 0 Å². The summed E-state index contributed by atoms with van der Waals surface area (Å²) in [4.78, 5) is 36.3. The zero-order valence-corrected chi connectivity index (χ0v) is 19.8. The van der Waals surface area contributed by atoms with Gasteiger partial charge in [-0.1, -0.05) is 24.6 Å². The minimum absolute atomic E-state index is 0.103. The van der Waals surface area contributed by atoms with Crippen molar-refractivity contribution >= 4 is 29.7 Å². The van der Waals surface area contributed by atoms with Crippen LogP contribution in [0.2, 0.25) is 0 Å². The monoisotopic (exact) mass is 473 g/mol. The third-order valence-electron chi connectivity index (χ3n) is 4.86. The quantitative estimate of drug-likeness (QED) is 0.202. The minimum Gasteiger partial charge on any atom is -0.490 e. The van der Waals surface area contributed by atoms with E-state index in [1.165, 1.54) is 6.21 Å². The summed E-state index contributed by atoms with van der Waals surface area (Å²) in [6.45, 7) is 5.86. The highest BCUT2D eigenvalue weighted by Crippen LogP contribution is 2.29. The maximum absolute atomic E-state index is 12.5. The molecule has 0 bridgehead atoms. The third kappa shape index (κ3) is 7.26. The van der Waals surface area contributed by atoms with Gasteiger partial charge >= 0.3 is 5.97 Å². The van der Waals surface area contributed by atoms with Gasteiger partial charge in [-0.2, -0.15) is 5.10 Å². The van der Waals surface area contributed by atoms with Crippen molar-refractivity contribution in [1.82, 2.24) is 5.43 Å². The topological polar surface area (TPSA) is 106 Å². The molecule has 8 heteroatoms. The average molecular weight is 474 g/mol. The molecule has 0 saturated heterocycles. The van der Waals surface area contributed by atoms with Gasteiger partial charge in [0, 0.05) is 17.7 Å². The third-order valence-corrected chi connectivity index (χ3v) is 4.86. The number of ether oxygens (including phenoxy) is 2. The van der Waals surface area contributed by atoms with Gasteiger partial charge in [-0.25, -0.2) is 10.2 Å². The van der Waals surface area contributed by atoms with Crippen molar-refractivity contribution in [2.45, 2.75) is 27.2 Å². The fourth-order valence-electron chi connectivity index (χ4n) is 3.07. The highest BCUT2D eigenvalue weighted by atomic mass is 16.6. The summed E-state index contributed by atoms with van der Waals surface area (Å²) in [5, 5.41) is 6.72. The van der Waals surface area contributed by atoms with Gasteiger partial charge in [-0.15, -0.1) is 0 Å². The number of carbonyl (C=O) groups is 3. The molecular weight excluding hydrogens is 446 g/mol. The number of rotatable bonds is 9. The van der Waals surface area contributed by atoms with E-state index in [0.717, 1.165) is 5.56 Å². The second kappa shape index (κ2) is 12.1. The Kier molecular flexibility index (Phi) is 8.72. The molecule has 0 aliphatic rings. The Hall–Kier alpha value is -4.46. The molecule has 0 radical (unpaired) electrons. The van der Waals surface area contributed by atoms with Crippen LogP contribution >= 0.6 is 0 Å². The van der Waals surface area contributed by atoms with E-state index < -0.39 is 11.9 Å². The lowest BCUT2D eigenvalue weighted by Crippen LogP contribution is -2.17. The van der Waals surface area contributed by atoms with E-state index in [1.807, 2.05) is 19.9 Å². The number of benzene rings is 3. The van der Waals surface area contributed by atoms with E-state index in [1.54, 1.807) is 67.6 Å². The van der Waals surface area contributed by atoms with Gasteiger partial charge in [0.2, 0.25) is 5.91 Å². The standard InChI is InChI=1S/C27H27N3O5/c1-4-25(31)29-22-12-10-20(11-13-22)26(32)30-28-17-19-9-14-23(24(16-19)34-5-2)35-27(33)21-8-6-7-18(3)15-21/h6-17H,4-5H2,1-3H3,(H,29,31)(H,30,32). The molecule has 180 valence electrons. The summed E-state index contributed by atoms with van der Waals surface area (Å²) < 4.78 is 11.2. The van der Waals surface area contributed by atoms with Crippen molar-refractivity contribution < 1.29 is 23.9 Å². The van der Waals surface area contributed by atoms with Crippen molar-refractivity contribution in [2.24, 2.45) is 5.10 Å². The van der Waals surface area contributed by atoms with E-state index in [9.17, 15) is 14.4 Å². The van der Waals surface area contributed by atoms with E-state index in [2.05, 4.69) is 15.8 Å². The lowest BCUT2D eigenvalue weighted by molar-refractivity contribution is -0.115. The number of aryl methyl sites for hydroxylation is 1. The van der Waals surface area contributed by atoms with Gasteiger partial charge in [0.15, 0.2) is 11.5 Å². The first-order valence-electron chi connectivity index (χ1n) is 11.2. The number of hydrogen-bond donors (Lipinski definition) is 2. The van der Waals surface area contributed by atoms with Crippen LogP contribution in [-0.2, 0) is 4.79 Å². The zero-order chi connectivity index (χ0) is 25.2. The van der Waals surface area contributed by atoms with Crippen LogP contribution in [0.5, 0.6) is 11.5 Å². The van der Waals surface area contributed by atoms with Crippen LogP contribution in [0, 0.1) is 6.92 Å². The summed E-state index contributed by atoms with van der Waals surface area (Å²) in [6, 6.07) is 18.6. The van der Waals surface area contributed by atoms with Crippen LogP contribution in [0.15, 0.2) is 71.8 Å². The van der Waals surface area contributed by atoms with Gasteiger partial charge < -0.3 is 14.8 Å². The first-order valence-corrected chi connectivity index (χ1v) is 11.2. The lowest BCUT2D eigenvalue weighted by Gasteiger charge is -2.11. The second-order valence-electron chi connectivity index (χ2n) is 7.58.